The molecule has 0 aromatic carbocycles. The third-order valence-corrected chi connectivity index (χ3v) is 6.50. The van der Waals surface area contributed by atoms with E-state index in [1.165, 1.54) is 48.0 Å². The van der Waals surface area contributed by atoms with Gasteiger partial charge in [-0.1, -0.05) is 82.1 Å². The molecule has 0 aromatic heterocycles. The van der Waals surface area contributed by atoms with Gasteiger partial charge in [-0.25, -0.2) is 35.5 Å². The van der Waals surface area contributed by atoms with E-state index in [1.807, 2.05) is 0 Å². The van der Waals surface area contributed by atoms with E-state index in [1.54, 1.807) is 0 Å². The Balaban J connectivity index is -0.000000461. The van der Waals surface area contributed by atoms with Gasteiger partial charge in [-0.15, -0.1) is 0 Å². The first-order chi connectivity index (χ1) is 13.0. The van der Waals surface area contributed by atoms with E-state index in [9.17, 15) is 0 Å². The molecular formula is C28H46Cl2Zr. The van der Waals surface area contributed by atoms with Crippen LogP contribution < -0.4 is 24.8 Å². The second-order valence-electron chi connectivity index (χ2n) is 10.5. The van der Waals surface area contributed by atoms with Gasteiger partial charge in [0, 0.05) is 0 Å². The second-order valence-corrected chi connectivity index (χ2v) is 10.5. The van der Waals surface area contributed by atoms with Gasteiger partial charge >= 0.3 is 26.2 Å². The van der Waals surface area contributed by atoms with Gasteiger partial charge < -0.3 is 24.8 Å². The van der Waals surface area contributed by atoms with Crippen LogP contribution in [0.15, 0.2) is 34.4 Å². The van der Waals surface area contributed by atoms with E-state index in [2.05, 4.69) is 93.5 Å². The van der Waals surface area contributed by atoms with Crippen molar-refractivity contribution < 1.29 is 51.0 Å². The molecule has 3 heteroatoms. The van der Waals surface area contributed by atoms with Crippen molar-refractivity contribution in [1.29, 1.82) is 0 Å². The largest absolute Gasteiger partial charge is 4.00 e. The minimum atomic E-state index is 0. The zero-order chi connectivity index (χ0) is 21.5. The predicted molar refractivity (Wildman–Crippen MR) is 126 cm³/mol. The molecule has 0 amide bonds. The van der Waals surface area contributed by atoms with Crippen LogP contribution in [0.4, 0.5) is 0 Å². The van der Waals surface area contributed by atoms with Crippen molar-refractivity contribution in [3.05, 3.63) is 46.6 Å². The van der Waals surface area contributed by atoms with E-state index in [4.69, 9.17) is 0 Å². The Morgan fingerprint density at radius 2 is 1.03 bits per heavy atom. The third kappa shape index (κ3) is 11.4. The van der Waals surface area contributed by atoms with Crippen molar-refractivity contribution in [2.75, 3.05) is 0 Å². The molecule has 0 N–H and O–H groups in total. The van der Waals surface area contributed by atoms with Gasteiger partial charge in [0.15, 0.2) is 0 Å². The zero-order valence-electron chi connectivity index (χ0n) is 21.8. The summed E-state index contributed by atoms with van der Waals surface area (Å²) in [6, 6.07) is 0. The van der Waals surface area contributed by atoms with Crippen molar-refractivity contribution in [3.8, 4) is 0 Å². The Kier molecular flexibility index (Phi) is 18.7. The van der Waals surface area contributed by atoms with Crippen molar-refractivity contribution in [1.82, 2.24) is 0 Å². The van der Waals surface area contributed by atoms with Crippen LogP contribution in [-0.2, 0) is 26.2 Å². The minimum absolute atomic E-state index is 0. The fourth-order valence-corrected chi connectivity index (χ4v) is 4.66. The van der Waals surface area contributed by atoms with Gasteiger partial charge in [0.05, 0.1) is 0 Å². The van der Waals surface area contributed by atoms with Crippen molar-refractivity contribution in [2.45, 2.75) is 108 Å². The molecule has 0 bridgehead atoms. The number of halogens is 2. The summed E-state index contributed by atoms with van der Waals surface area (Å²) in [6.45, 7) is 22.9. The van der Waals surface area contributed by atoms with Crippen molar-refractivity contribution >= 4 is 0 Å². The Morgan fingerprint density at radius 3 is 1.19 bits per heavy atom. The van der Waals surface area contributed by atoms with Crippen LogP contribution in [-0.4, -0.2) is 0 Å². The van der Waals surface area contributed by atoms with Crippen LogP contribution >= 0.6 is 0 Å². The second kappa shape index (κ2) is 16.1. The first-order valence-electron chi connectivity index (χ1n) is 11.6. The molecule has 0 heterocycles. The molecule has 0 radical (unpaired) electrons. The molecule has 2 aliphatic carbocycles. The van der Waals surface area contributed by atoms with Crippen LogP contribution in [0.2, 0.25) is 0 Å². The first-order valence-corrected chi connectivity index (χ1v) is 11.6. The monoisotopic (exact) mass is 542 g/mol. The molecule has 176 valence electrons. The Bertz CT molecular complexity index is 583. The van der Waals surface area contributed by atoms with Crippen molar-refractivity contribution in [3.63, 3.8) is 0 Å². The fourth-order valence-electron chi connectivity index (χ4n) is 4.66. The van der Waals surface area contributed by atoms with E-state index >= 15 is 0 Å². The summed E-state index contributed by atoms with van der Waals surface area (Å²) >= 11 is 0. The summed E-state index contributed by atoms with van der Waals surface area (Å²) in [6.07, 6.45) is 19.0. The molecule has 2 rings (SSSR count). The van der Waals surface area contributed by atoms with Crippen LogP contribution in [0.3, 0.4) is 0 Å². The number of hydrogen-bond donors (Lipinski definition) is 0. The molecule has 0 saturated heterocycles. The third-order valence-electron chi connectivity index (χ3n) is 6.50. The molecule has 2 aliphatic rings. The summed E-state index contributed by atoms with van der Waals surface area (Å²) in [5.41, 5.74) is 6.39. The molecule has 2 unspecified atom stereocenters. The maximum Gasteiger partial charge on any atom is 4.00 e. The summed E-state index contributed by atoms with van der Waals surface area (Å²) in [5, 5.41) is 0. The molecular weight excluding hydrogens is 498 g/mol. The Labute approximate surface area is 226 Å². The molecule has 0 saturated carbocycles. The summed E-state index contributed by atoms with van der Waals surface area (Å²) < 4.78 is 0. The number of allylic oxidation sites excluding steroid dienone is 8. The minimum Gasteiger partial charge on any atom is -1.00 e. The smallest absolute Gasteiger partial charge is 1.00 e. The first kappa shape index (κ1) is 36.0. The molecule has 0 fully saturated rings. The fraction of sp³-hybridized carbons (Fsp3) is 0.714. The normalized spacial score (nSPS) is 18.7. The average Bonchev–Trinajstić information content (AvgIpc) is 3.23. The van der Waals surface area contributed by atoms with Crippen LogP contribution in [0.1, 0.15) is 108 Å². The van der Waals surface area contributed by atoms with E-state index < -0.39 is 0 Å². The predicted octanol–water partition coefficient (Wildman–Crippen LogP) is 3.06. The maximum atomic E-state index is 3.53. The molecule has 2 atom stereocenters. The van der Waals surface area contributed by atoms with Gasteiger partial charge in [-0.3, -0.25) is 0 Å². The zero-order valence-corrected chi connectivity index (χ0v) is 25.8. The topological polar surface area (TPSA) is 0 Å². The van der Waals surface area contributed by atoms with Crippen LogP contribution in [0.25, 0.3) is 0 Å². The number of rotatable bonds is 8. The van der Waals surface area contributed by atoms with Gasteiger partial charge in [0.25, 0.3) is 0 Å². The molecule has 0 aliphatic heterocycles. The summed E-state index contributed by atoms with van der Waals surface area (Å²) in [5.74, 6) is 1.53. The van der Waals surface area contributed by atoms with E-state index in [-0.39, 0.29) is 51.0 Å². The summed E-state index contributed by atoms with van der Waals surface area (Å²) in [7, 11) is 0. The quantitative estimate of drug-likeness (QED) is 0.412. The Hall–Kier alpha value is 0.423. The van der Waals surface area contributed by atoms with Gasteiger partial charge in [0.2, 0.25) is 0 Å². The van der Waals surface area contributed by atoms with Gasteiger partial charge in [0.1, 0.15) is 0 Å². The maximum absolute atomic E-state index is 3.53. The Morgan fingerprint density at radius 1 is 0.742 bits per heavy atom. The van der Waals surface area contributed by atoms with E-state index in [0.717, 1.165) is 24.7 Å². The SMILES string of the molecule is CCC(C)(CC(C)C)C1=CCC(C)=[C-]1.CCC(C)(CC(C)C)C1=CCC(C)=[C-]1.[Cl-].[Cl-].[Zr+4]. The molecule has 0 nitrogen and oxygen atoms in total. The van der Waals surface area contributed by atoms with Crippen LogP contribution in [0, 0.1) is 34.8 Å². The van der Waals surface area contributed by atoms with Crippen molar-refractivity contribution in [2.24, 2.45) is 22.7 Å². The standard InChI is InChI=1S/2C14H23.2ClH.Zr/c2*1-6-14(5,10-11(2)3)13-8-7-12(4)9-13;;;/h2*8,11H,6-7,10H2,1-5H3;2*1H;/q2*-1;;;+4/p-2. The number of hydrogen-bond acceptors (Lipinski definition) is 0. The average molecular weight is 545 g/mol. The van der Waals surface area contributed by atoms with Gasteiger partial charge in [-0.05, 0) is 48.3 Å². The van der Waals surface area contributed by atoms with E-state index in [0.29, 0.717) is 10.8 Å². The van der Waals surface area contributed by atoms with Crippen LogP contribution in [0.5, 0.6) is 0 Å². The molecule has 0 aromatic rings. The molecule has 0 spiro atoms. The molecule has 31 heavy (non-hydrogen) atoms. The summed E-state index contributed by atoms with van der Waals surface area (Å²) in [4.78, 5) is 0. The van der Waals surface area contributed by atoms with Gasteiger partial charge in [-0.2, -0.15) is 11.1 Å².